The molecule has 3 rings (SSSR count). The predicted molar refractivity (Wildman–Crippen MR) is 91.0 cm³/mol. The molecule has 6 nitrogen and oxygen atoms in total. The Balaban J connectivity index is 2.14. The van der Waals surface area contributed by atoms with E-state index in [4.69, 9.17) is 0 Å². The van der Waals surface area contributed by atoms with Gasteiger partial charge >= 0.3 is 0 Å². The fraction of sp³-hybridized carbons (Fsp3) is 0.250. The molecule has 1 aliphatic rings. The van der Waals surface area contributed by atoms with Gasteiger partial charge < -0.3 is 5.11 Å². The number of nitrogens with zero attached hydrogens (tertiary/aromatic N) is 1. The van der Waals surface area contributed by atoms with Crippen molar-refractivity contribution in [3.8, 4) is 0 Å². The van der Waals surface area contributed by atoms with E-state index in [9.17, 15) is 21.9 Å². The van der Waals surface area contributed by atoms with Crippen LogP contribution in [0.4, 0.5) is 5.69 Å². The minimum atomic E-state index is -4.01. The van der Waals surface area contributed by atoms with Gasteiger partial charge in [-0.05, 0) is 24.3 Å². The highest BCUT2D eigenvalue weighted by molar-refractivity contribution is 7.93. The lowest BCUT2D eigenvalue weighted by Gasteiger charge is -2.31. The minimum absolute atomic E-state index is 0.0466. The van der Waals surface area contributed by atoms with Crippen LogP contribution >= 0.6 is 0 Å². The number of para-hydroxylation sites is 1. The Kier molecular flexibility index (Phi) is 4.37. The first-order chi connectivity index (χ1) is 11.3. The second-order valence-electron chi connectivity index (χ2n) is 5.66. The molecule has 1 heterocycles. The van der Waals surface area contributed by atoms with Crippen LogP contribution in [-0.2, 0) is 19.9 Å². The SMILES string of the molecule is O=S1(=O)C[C@@H](O)[C@H](N(c2ccccc2)S(=O)(=O)c2ccccc2)C1. The maximum atomic E-state index is 13.1. The van der Waals surface area contributed by atoms with E-state index >= 15 is 0 Å². The molecule has 1 saturated heterocycles. The number of rotatable bonds is 4. The normalized spacial score (nSPS) is 23.0. The Morgan fingerprint density at radius 2 is 1.46 bits per heavy atom. The number of aliphatic hydroxyl groups excluding tert-OH is 1. The molecule has 1 aliphatic heterocycles. The largest absolute Gasteiger partial charge is 0.390 e. The Morgan fingerprint density at radius 1 is 0.917 bits per heavy atom. The van der Waals surface area contributed by atoms with Crippen molar-refractivity contribution in [2.75, 3.05) is 15.8 Å². The van der Waals surface area contributed by atoms with Gasteiger partial charge in [-0.15, -0.1) is 0 Å². The summed E-state index contributed by atoms with van der Waals surface area (Å²) in [5.74, 6) is -0.847. The van der Waals surface area contributed by atoms with Crippen LogP contribution in [0.15, 0.2) is 65.6 Å². The number of hydrogen-bond acceptors (Lipinski definition) is 5. The van der Waals surface area contributed by atoms with E-state index < -0.39 is 43.5 Å². The topological polar surface area (TPSA) is 91.8 Å². The molecular formula is C16H17NO5S2. The van der Waals surface area contributed by atoms with E-state index in [0.717, 1.165) is 4.31 Å². The third-order valence-corrected chi connectivity index (χ3v) is 7.47. The molecule has 2 aromatic carbocycles. The van der Waals surface area contributed by atoms with Crippen LogP contribution in [0.1, 0.15) is 0 Å². The quantitative estimate of drug-likeness (QED) is 0.872. The lowest BCUT2D eigenvalue weighted by atomic mass is 10.2. The fourth-order valence-corrected chi connectivity index (χ4v) is 6.39. The van der Waals surface area contributed by atoms with Crippen molar-refractivity contribution in [2.45, 2.75) is 17.0 Å². The highest BCUT2D eigenvalue weighted by Crippen LogP contribution is 2.30. The van der Waals surface area contributed by atoms with Gasteiger partial charge in [0.2, 0.25) is 0 Å². The summed E-state index contributed by atoms with van der Waals surface area (Å²) in [5, 5.41) is 10.2. The van der Waals surface area contributed by atoms with E-state index in [1.807, 2.05) is 0 Å². The fourth-order valence-electron chi connectivity index (χ4n) is 2.82. The van der Waals surface area contributed by atoms with Crippen LogP contribution in [0.2, 0.25) is 0 Å². The smallest absolute Gasteiger partial charge is 0.264 e. The van der Waals surface area contributed by atoms with Gasteiger partial charge in [0.05, 0.1) is 34.2 Å². The van der Waals surface area contributed by atoms with Gasteiger partial charge in [-0.25, -0.2) is 16.8 Å². The van der Waals surface area contributed by atoms with Gasteiger partial charge in [0.25, 0.3) is 10.0 Å². The maximum absolute atomic E-state index is 13.1. The summed E-state index contributed by atoms with van der Waals surface area (Å²) in [6, 6.07) is 15.0. The van der Waals surface area contributed by atoms with Gasteiger partial charge in [-0.3, -0.25) is 4.31 Å². The van der Waals surface area contributed by atoms with Crippen molar-refractivity contribution in [2.24, 2.45) is 0 Å². The lowest BCUT2D eigenvalue weighted by Crippen LogP contribution is -2.46. The van der Waals surface area contributed by atoms with Crippen molar-refractivity contribution in [1.29, 1.82) is 0 Å². The molecule has 2 atom stereocenters. The van der Waals surface area contributed by atoms with Crippen LogP contribution in [0.5, 0.6) is 0 Å². The summed E-state index contributed by atoms with van der Waals surface area (Å²) >= 11 is 0. The summed E-state index contributed by atoms with van der Waals surface area (Å²) in [4.78, 5) is 0.0466. The standard InChI is InChI=1S/C16H17NO5S2/c18-16-12-23(19,20)11-15(16)17(13-7-3-1-4-8-13)24(21,22)14-9-5-2-6-10-14/h1-10,15-16,18H,11-12H2/t15-,16-/m1/s1. The van der Waals surface area contributed by atoms with Crippen LogP contribution in [0, 0.1) is 0 Å². The monoisotopic (exact) mass is 367 g/mol. The van der Waals surface area contributed by atoms with Crippen molar-refractivity contribution >= 4 is 25.5 Å². The molecular weight excluding hydrogens is 350 g/mol. The second kappa shape index (κ2) is 6.19. The molecule has 1 N–H and O–H groups in total. The van der Waals surface area contributed by atoms with Crippen molar-refractivity contribution in [3.05, 3.63) is 60.7 Å². The van der Waals surface area contributed by atoms with E-state index in [0.29, 0.717) is 5.69 Å². The van der Waals surface area contributed by atoms with E-state index in [1.54, 1.807) is 48.5 Å². The molecule has 0 saturated carbocycles. The van der Waals surface area contributed by atoms with Gasteiger partial charge in [-0.1, -0.05) is 36.4 Å². The average Bonchev–Trinajstić information content (AvgIpc) is 2.82. The van der Waals surface area contributed by atoms with E-state index in [2.05, 4.69) is 0 Å². The first-order valence-corrected chi connectivity index (χ1v) is 10.6. The molecule has 0 unspecified atom stereocenters. The molecule has 0 aromatic heterocycles. The zero-order valence-corrected chi connectivity index (χ0v) is 14.3. The Hall–Kier alpha value is -1.90. The van der Waals surface area contributed by atoms with Crippen LogP contribution in [0.25, 0.3) is 0 Å². The number of hydrogen-bond donors (Lipinski definition) is 1. The molecule has 1 fully saturated rings. The van der Waals surface area contributed by atoms with Gasteiger partial charge in [0, 0.05) is 0 Å². The van der Waals surface area contributed by atoms with Crippen molar-refractivity contribution in [1.82, 2.24) is 0 Å². The number of aliphatic hydroxyl groups is 1. The minimum Gasteiger partial charge on any atom is -0.390 e. The molecule has 0 aliphatic carbocycles. The van der Waals surface area contributed by atoms with Crippen LogP contribution in [0.3, 0.4) is 0 Å². The highest BCUT2D eigenvalue weighted by Gasteiger charge is 2.44. The van der Waals surface area contributed by atoms with Crippen LogP contribution in [-0.4, -0.2) is 45.6 Å². The zero-order valence-electron chi connectivity index (χ0n) is 12.7. The maximum Gasteiger partial charge on any atom is 0.264 e. The second-order valence-corrected chi connectivity index (χ2v) is 9.63. The van der Waals surface area contributed by atoms with E-state index in [1.165, 1.54) is 12.1 Å². The van der Waals surface area contributed by atoms with Gasteiger partial charge in [0.15, 0.2) is 9.84 Å². The van der Waals surface area contributed by atoms with Crippen molar-refractivity contribution < 1.29 is 21.9 Å². The summed E-state index contributed by atoms with van der Waals surface area (Å²) in [6.07, 6.45) is -1.27. The average molecular weight is 367 g/mol. The summed E-state index contributed by atoms with van der Waals surface area (Å²) in [6.45, 7) is 0. The molecule has 0 amide bonds. The Bertz CT molecular complexity index is 911. The third-order valence-electron chi connectivity index (χ3n) is 3.91. The molecule has 128 valence electrons. The first kappa shape index (κ1) is 16.9. The van der Waals surface area contributed by atoms with E-state index in [-0.39, 0.29) is 4.90 Å². The summed E-state index contributed by atoms with van der Waals surface area (Å²) < 4.78 is 51.0. The highest BCUT2D eigenvalue weighted by atomic mass is 32.2. The number of sulfonamides is 1. The van der Waals surface area contributed by atoms with Crippen LogP contribution < -0.4 is 4.31 Å². The van der Waals surface area contributed by atoms with Gasteiger partial charge in [0.1, 0.15) is 0 Å². The number of sulfone groups is 1. The summed E-state index contributed by atoms with van der Waals surface area (Å²) in [7, 11) is -7.51. The lowest BCUT2D eigenvalue weighted by molar-refractivity contribution is 0.184. The molecule has 2 aromatic rings. The summed E-state index contributed by atoms with van der Waals surface area (Å²) in [5.41, 5.74) is 0.322. The third kappa shape index (κ3) is 3.17. The molecule has 8 heteroatoms. The molecule has 0 bridgehead atoms. The Morgan fingerprint density at radius 3 is 1.96 bits per heavy atom. The Labute approximate surface area is 141 Å². The molecule has 0 radical (unpaired) electrons. The van der Waals surface area contributed by atoms with Gasteiger partial charge in [-0.2, -0.15) is 0 Å². The number of benzene rings is 2. The predicted octanol–water partition coefficient (Wildman–Crippen LogP) is 1.04. The number of anilines is 1. The zero-order chi connectivity index (χ0) is 17.4. The van der Waals surface area contributed by atoms with Crippen molar-refractivity contribution in [3.63, 3.8) is 0 Å². The molecule has 24 heavy (non-hydrogen) atoms. The first-order valence-electron chi connectivity index (χ1n) is 7.34. The molecule has 0 spiro atoms.